The van der Waals surface area contributed by atoms with E-state index in [0.29, 0.717) is 5.41 Å². The van der Waals surface area contributed by atoms with Crippen LogP contribution in [0.15, 0.2) is 0 Å². The largest absolute Gasteiger partial charge is 0.325 e. The molecule has 0 heterocycles. The SMILES string of the molecule is NC1(C23CC4CC(CC(C4)C2)C3)CCC1. The van der Waals surface area contributed by atoms with Crippen LogP contribution in [0.2, 0.25) is 0 Å². The van der Waals surface area contributed by atoms with Gasteiger partial charge in [-0.2, -0.15) is 0 Å². The van der Waals surface area contributed by atoms with E-state index in [1.54, 1.807) is 19.3 Å². The Bertz CT molecular complexity index is 254. The van der Waals surface area contributed by atoms with E-state index in [1.165, 1.54) is 38.5 Å². The first-order chi connectivity index (χ1) is 7.19. The summed E-state index contributed by atoms with van der Waals surface area (Å²) in [6, 6.07) is 0. The molecule has 1 nitrogen and oxygen atoms in total. The Kier molecular flexibility index (Phi) is 1.57. The molecule has 5 rings (SSSR count). The highest BCUT2D eigenvalue weighted by Gasteiger charge is 2.60. The molecule has 0 aromatic carbocycles. The highest BCUT2D eigenvalue weighted by Crippen LogP contribution is 2.66. The molecule has 5 aliphatic carbocycles. The number of hydrogen-bond acceptors (Lipinski definition) is 1. The molecule has 84 valence electrons. The van der Waals surface area contributed by atoms with Crippen LogP contribution in [-0.4, -0.2) is 5.54 Å². The maximum Gasteiger partial charge on any atom is 0.0211 e. The van der Waals surface area contributed by atoms with Gasteiger partial charge in [-0.25, -0.2) is 0 Å². The molecule has 2 N–H and O–H groups in total. The molecule has 0 aliphatic heterocycles. The molecular weight excluding hydrogens is 182 g/mol. The second-order valence-electron chi connectivity index (χ2n) is 7.21. The first kappa shape index (κ1) is 9.04. The summed E-state index contributed by atoms with van der Waals surface area (Å²) in [6.07, 6.45) is 13.2. The maximum atomic E-state index is 6.70. The summed E-state index contributed by atoms with van der Waals surface area (Å²) in [5.74, 6) is 3.20. The second-order valence-corrected chi connectivity index (χ2v) is 7.21. The molecule has 1 heteroatoms. The van der Waals surface area contributed by atoms with Gasteiger partial charge >= 0.3 is 0 Å². The minimum Gasteiger partial charge on any atom is -0.325 e. The molecule has 0 radical (unpaired) electrons. The van der Waals surface area contributed by atoms with Crippen LogP contribution in [0, 0.1) is 23.2 Å². The van der Waals surface area contributed by atoms with E-state index in [4.69, 9.17) is 5.73 Å². The zero-order chi connectivity index (χ0) is 10.1. The number of nitrogens with two attached hydrogens (primary N) is 1. The van der Waals surface area contributed by atoms with Crippen molar-refractivity contribution in [3.05, 3.63) is 0 Å². The molecule has 0 unspecified atom stereocenters. The molecular formula is C14H23N. The van der Waals surface area contributed by atoms with Crippen LogP contribution >= 0.6 is 0 Å². The topological polar surface area (TPSA) is 26.0 Å². The van der Waals surface area contributed by atoms with Crippen molar-refractivity contribution in [2.45, 2.75) is 63.3 Å². The first-order valence-corrected chi connectivity index (χ1v) is 6.98. The molecule has 5 saturated carbocycles. The third-order valence-electron chi connectivity index (χ3n) is 6.34. The van der Waals surface area contributed by atoms with Crippen molar-refractivity contribution in [1.29, 1.82) is 0 Å². The Balaban J connectivity index is 1.71. The Morgan fingerprint density at radius 2 is 1.27 bits per heavy atom. The molecule has 0 atom stereocenters. The van der Waals surface area contributed by atoms with Crippen LogP contribution in [0.5, 0.6) is 0 Å². The smallest absolute Gasteiger partial charge is 0.0211 e. The predicted molar refractivity (Wildman–Crippen MR) is 61.4 cm³/mol. The summed E-state index contributed by atoms with van der Waals surface area (Å²) in [7, 11) is 0. The minimum absolute atomic E-state index is 0.281. The van der Waals surface area contributed by atoms with Crippen molar-refractivity contribution in [1.82, 2.24) is 0 Å². The molecule has 5 fully saturated rings. The zero-order valence-electron chi connectivity index (χ0n) is 9.67. The summed E-state index contributed by atoms with van der Waals surface area (Å²) < 4.78 is 0. The van der Waals surface area contributed by atoms with Gasteiger partial charge in [0.15, 0.2) is 0 Å². The summed E-state index contributed by atoms with van der Waals surface area (Å²) in [5, 5.41) is 0. The first-order valence-electron chi connectivity index (χ1n) is 6.98. The predicted octanol–water partition coefficient (Wildman–Crippen LogP) is 3.08. The van der Waals surface area contributed by atoms with E-state index >= 15 is 0 Å². The van der Waals surface area contributed by atoms with Crippen molar-refractivity contribution in [3.63, 3.8) is 0 Å². The number of rotatable bonds is 1. The van der Waals surface area contributed by atoms with E-state index in [2.05, 4.69) is 0 Å². The van der Waals surface area contributed by atoms with Gasteiger partial charge in [-0.3, -0.25) is 0 Å². The van der Waals surface area contributed by atoms with Gasteiger partial charge in [-0.15, -0.1) is 0 Å². The maximum absolute atomic E-state index is 6.70. The Morgan fingerprint density at radius 1 is 0.800 bits per heavy atom. The Hall–Kier alpha value is -0.0400. The average molecular weight is 205 g/mol. The van der Waals surface area contributed by atoms with Crippen molar-refractivity contribution in [2.75, 3.05) is 0 Å². The van der Waals surface area contributed by atoms with Crippen LogP contribution in [0.4, 0.5) is 0 Å². The van der Waals surface area contributed by atoms with Crippen molar-refractivity contribution >= 4 is 0 Å². The highest BCUT2D eigenvalue weighted by molar-refractivity contribution is 5.14. The van der Waals surface area contributed by atoms with Gasteiger partial charge in [0.25, 0.3) is 0 Å². The van der Waals surface area contributed by atoms with E-state index < -0.39 is 0 Å². The van der Waals surface area contributed by atoms with Gasteiger partial charge < -0.3 is 5.73 Å². The third-order valence-corrected chi connectivity index (χ3v) is 6.34. The molecule has 0 aromatic rings. The van der Waals surface area contributed by atoms with E-state index in [1.807, 2.05) is 0 Å². The average Bonchev–Trinajstić information content (AvgIpc) is 2.11. The van der Waals surface area contributed by atoms with E-state index in [9.17, 15) is 0 Å². The van der Waals surface area contributed by atoms with Crippen LogP contribution in [0.25, 0.3) is 0 Å². The lowest BCUT2D eigenvalue weighted by Crippen LogP contribution is -2.65. The molecule has 5 aliphatic rings. The summed E-state index contributed by atoms with van der Waals surface area (Å²) >= 11 is 0. The van der Waals surface area contributed by atoms with Crippen molar-refractivity contribution < 1.29 is 0 Å². The van der Waals surface area contributed by atoms with Gasteiger partial charge in [0.2, 0.25) is 0 Å². The van der Waals surface area contributed by atoms with Crippen LogP contribution in [0.1, 0.15) is 57.8 Å². The fraction of sp³-hybridized carbons (Fsp3) is 1.00. The molecule has 0 amide bonds. The summed E-state index contributed by atoms with van der Waals surface area (Å²) in [5.41, 5.74) is 7.59. The summed E-state index contributed by atoms with van der Waals surface area (Å²) in [4.78, 5) is 0. The Morgan fingerprint density at radius 3 is 1.60 bits per heavy atom. The van der Waals surface area contributed by atoms with Crippen molar-refractivity contribution in [2.24, 2.45) is 28.9 Å². The van der Waals surface area contributed by atoms with Gasteiger partial charge in [-0.05, 0) is 81.0 Å². The lowest BCUT2D eigenvalue weighted by atomic mass is 9.42. The quantitative estimate of drug-likeness (QED) is 0.699. The molecule has 0 spiro atoms. The normalized spacial score (nSPS) is 55.4. The van der Waals surface area contributed by atoms with Crippen molar-refractivity contribution in [3.8, 4) is 0 Å². The van der Waals surface area contributed by atoms with Crippen LogP contribution < -0.4 is 5.73 Å². The number of hydrogen-bond donors (Lipinski definition) is 1. The second kappa shape index (κ2) is 2.61. The molecule has 15 heavy (non-hydrogen) atoms. The van der Waals surface area contributed by atoms with E-state index in [0.717, 1.165) is 17.8 Å². The monoisotopic (exact) mass is 205 g/mol. The van der Waals surface area contributed by atoms with Crippen LogP contribution in [-0.2, 0) is 0 Å². The van der Waals surface area contributed by atoms with Gasteiger partial charge in [0.1, 0.15) is 0 Å². The highest BCUT2D eigenvalue weighted by atomic mass is 14.9. The van der Waals surface area contributed by atoms with Crippen LogP contribution in [0.3, 0.4) is 0 Å². The van der Waals surface area contributed by atoms with E-state index in [-0.39, 0.29) is 5.54 Å². The lowest BCUT2D eigenvalue weighted by molar-refractivity contribution is -0.119. The molecule has 4 bridgehead atoms. The Labute approximate surface area is 92.8 Å². The van der Waals surface area contributed by atoms with Gasteiger partial charge in [-0.1, -0.05) is 0 Å². The molecule has 0 aromatic heterocycles. The molecule has 0 saturated heterocycles. The fourth-order valence-corrected chi connectivity index (χ4v) is 5.81. The minimum atomic E-state index is 0.281. The standard InChI is InChI=1S/C14H23N/c15-14(2-1-3-14)13-7-10-4-11(8-13)6-12(5-10)9-13/h10-12H,1-9,15H2. The fourth-order valence-electron chi connectivity index (χ4n) is 5.81. The summed E-state index contributed by atoms with van der Waals surface area (Å²) in [6.45, 7) is 0. The zero-order valence-corrected chi connectivity index (χ0v) is 9.67. The van der Waals surface area contributed by atoms with Gasteiger partial charge in [0.05, 0.1) is 0 Å². The van der Waals surface area contributed by atoms with Gasteiger partial charge in [0, 0.05) is 5.54 Å². The lowest BCUT2D eigenvalue weighted by Gasteiger charge is -2.65. The third kappa shape index (κ3) is 1.03.